The summed E-state index contributed by atoms with van der Waals surface area (Å²) in [6.07, 6.45) is 23.6. The molecular formula is C42H58O6. The van der Waals surface area contributed by atoms with Crippen LogP contribution in [-0.2, 0) is 19.1 Å². The smallest absolute Gasteiger partial charge is 0.302 e. The van der Waals surface area contributed by atoms with Gasteiger partial charge in [0.25, 0.3) is 0 Å². The summed E-state index contributed by atoms with van der Waals surface area (Å²) in [5.41, 5.74) is 5.35. The second-order valence-electron chi connectivity index (χ2n) is 15.9. The summed E-state index contributed by atoms with van der Waals surface area (Å²) in [6.45, 7) is 21.4. The summed E-state index contributed by atoms with van der Waals surface area (Å²) in [5, 5.41) is 21.4. The Morgan fingerprint density at radius 3 is 1.92 bits per heavy atom. The summed E-state index contributed by atoms with van der Waals surface area (Å²) < 4.78 is 11.6. The fraction of sp³-hybridized carbons (Fsp3) is 0.548. The van der Waals surface area contributed by atoms with Crippen LogP contribution in [0, 0.1) is 10.8 Å². The van der Waals surface area contributed by atoms with E-state index in [4.69, 9.17) is 9.47 Å². The zero-order valence-electron chi connectivity index (χ0n) is 31.1. The molecule has 262 valence electrons. The van der Waals surface area contributed by atoms with Crippen LogP contribution in [0.15, 0.2) is 100 Å². The van der Waals surface area contributed by atoms with Gasteiger partial charge in [-0.25, -0.2) is 0 Å². The number of hydrogen-bond donors (Lipinski definition) is 2. The summed E-state index contributed by atoms with van der Waals surface area (Å²) in [4.78, 5) is 24.5. The van der Waals surface area contributed by atoms with Crippen LogP contribution in [0.25, 0.3) is 0 Å². The van der Waals surface area contributed by atoms with Crippen LogP contribution >= 0.6 is 0 Å². The summed E-state index contributed by atoms with van der Waals surface area (Å²) in [7, 11) is 0. The SMILES string of the molecule is CC(=O)O[C@@H]1CC(C)(C)C(=C=C/C(C)=C/C=C/C(C)=C/C=C/C=C(C)/C=C/C=C(\C)C(=O)C[C@@]23O[C@]2(C)C[C@@H](O)CC3(C)C)[C@@](C)(O)C1. The first-order valence-electron chi connectivity index (χ1n) is 17.1. The van der Waals surface area contributed by atoms with E-state index in [-0.39, 0.29) is 34.8 Å². The zero-order chi connectivity index (χ0) is 36.1. The molecule has 6 heteroatoms. The minimum atomic E-state index is -1.11. The van der Waals surface area contributed by atoms with Crippen LogP contribution < -0.4 is 0 Å². The molecule has 6 nitrogen and oxygen atoms in total. The van der Waals surface area contributed by atoms with Gasteiger partial charge < -0.3 is 19.7 Å². The zero-order valence-corrected chi connectivity index (χ0v) is 31.1. The van der Waals surface area contributed by atoms with Crippen LogP contribution in [0.3, 0.4) is 0 Å². The lowest BCUT2D eigenvalue weighted by Crippen LogP contribution is -2.48. The molecule has 3 aliphatic rings. The first-order valence-corrected chi connectivity index (χ1v) is 17.1. The van der Waals surface area contributed by atoms with Crippen molar-refractivity contribution >= 4 is 11.8 Å². The highest BCUT2D eigenvalue weighted by molar-refractivity contribution is 5.96. The molecular weight excluding hydrogens is 600 g/mol. The Bertz CT molecular complexity index is 1510. The van der Waals surface area contributed by atoms with E-state index in [9.17, 15) is 19.8 Å². The van der Waals surface area contributed by atoms with Crippen molar-refractivity contribution in [1.82, 2.24) is 0 Å². The molecule has 0 bridgehead atoms. The molecule has 2 N–H and O–H groups in total. The van der Waals surface area contributed by atoms with E-state index in [1.165, 1.54) is 6.92 Å². The lowest BCUT2D eigenvalue weighted by Gasteiger charge is -2.44. The minimum absolute atomic E-state index is 0.0816. The highest BCUT2D eigenvalue weighted by Crippen LogP contribution is 2.67. The molecule has 1 saturated heterocycles. The average molecular weight is 659 g/mol. The molecule has 2 aliphatic carbocycles. The fourth-order valence-corrected chi connectivity index (χ4v) is 7.76. The van der Waals surface area contributed by atoms with E-state index in [1.54, 1.807) is 6.92 Å². The lowest BCUT2D eigenvalue weighted by molar-refractivity contribution is -0.152. The molecule has 1 aliphatic heterocycles. The van der Waals surface area contributed by atoms with E-state index in [0.29, 0.717) is 37.7 Å². The Balaban J connectivity index is 1.54. The molecule has 3 rings (SSSR count). The third kappa shape index (κ3) is 9.66. The van der Waals surface area contributed by atoms with Crippen molar-refractivity contribution in [3.63, 3.8) is 0 Å². The number of aliphatic hydroxyl groups is 2. The Morgan fingerprint density at radius 1 is 0.812 bits per heavy atom. The average Bonchev–Trinajstić information content (AvgIpc) is 3.53. The van der Waals surface area contributed by atoms with Crippen LogP contribution in [-0.4, -0.2) is 51.0 Å². The van der Waals surface area contributed by atoms with E-state index in [0.717, 1.165) is 22.3 Å². The number of fused-ring (bicyclic) bond motifs is 1. The fourth-order valence-electron chi connectivity index (χ4n) is 7.76. The standard InChI is InChI=1S/C42H58O6/c1-29(18-14-19-31(3)22-23-37-38(6,7)26-35(47-33(5)43)27-40(37,10)46)16-12-13-17-30(2)20-15-21-32(4)36(45)28-42-39(8,9)24-34(44)25-41(42,11)48-42/h12-22,34-35,44,46H,24-28H2,1-11H3/b13-12+,18-14+,20-15+,29-16+,30-17+,31-19+,32-21+/t23?,34-,35+,40-,41+,42-/m0/s1. The minimum Gasteiger partial charge on any atom is -0.462 e. The van der Waals surface area contributed by atoms with Crippen molar-refractivity contribution < 1.29 is 29.3 Å². The van der Waals surface area contributed by atoms with Gasteiger partial charge in [0.2, 0.25) is 0 Å². The van der Waals surface area contributed by atoms with Gasteiger partial charge in [-0.2, -0.15) is 0 Å². The van der Waals surface area contributed by atoms with E-state index >= 15 is 0 Å². The van der Waals surface area contributed by atoms with E-state index in [2.05, 4.69) is 19.6 Å². The summed E-state index contributed by atoms with van der Waals surface area (Å²) >= 11 is 0. The van der Waals surface area contributed by atoms with Gasteiger partial charge >= 0.3 is 5.97 Å². The molecule has 5 atom stereocenters. The highest BCUT2D eigenvalue weighted by atomic mass is 16.6. The number of allylic oxidation sites excluding steroid dienone is 14. The Kier molecular flexibility index (Phi) is 12.3. The Labute approximate surface area is 289 Å². The lowest BCUT2D eigenvalue weighted by atomic mass is 9.61. The van der Waals surface area contributed by atoms with Crippen LogP contribution in [0.2, 0.25) is 0 Å². The molecule has 0 aromatic carbocycles. The first-order chi connectivity index (χ1) is 22.1. The number of ether oxygens (including phenoxy) is 2. The third-order valence-corrected chi connectivity index (χ3v) is 10.1. The number of aliphatic hydroxyl groups excluding tert-OH is 1. The van der Waals surface area contributed by atoms with Crippen molar-refractivity contribution in [2.45, 2.75) is 137 Å². The van der Waals surface area contributed by atoms with Gasteiger partial charge in [-0.1, -0.05) is 99.6 Å². The first kappa shape index (κ1) is 39.2. The maximum Gasteiger partial charge on any atom is 0.302 e. The summed E-state index contributed by atoms with van der Waals surface area (Å²) in [5.74, 6) is -0.244. The Hall–Kier alpha value is -3.28. The molecule has 0 aromatic rings. The van der Waals surface area contributed by atoms with Crippen molar-refractivity contribution in [1.29, 1.82) is 0 Å². The van der Waals surface area contributed by atoms with Gasteiger partial charge in [-0.3, -0.25) is 9.59 Å². The molecule has 2 saturated carbocycles. The molecule has 0 aromatic heterocycles. The van der Waals surface area contributed by atoms with Crippen LogP contribution in [0.1, 0.15) is 108 Å². The van der Waals surface area contributed by atoms with E-state index in [1.807, 2.05) is 115 Å². The third-order valence-electron chi connectivity index (χ3n) is 10.1. The van der Waals surface area contributed by atoms with Crippen LogP contribution in [0.4, 0.5) is 0 Å². The molecule has 0 radical (unpaired) electrons. The predicted octanol–water partition coefficient (Wildman–Crippen LogP) is 8.69. The second kappa shape index (κ2) is 15.1. The van der Waals surface area contributed by atoms with Crippen molar-refractivity contribution in [3.8, 4) is 0 Å². The molecule has 0 unspecified atom stereocenters. The normalized spacial score (nSPS) is 32.4. The van der Waals surface area contributed by atoms with Crippen LogP contribution in [0.5, 0.6) is 0 Å². The van der Waals surface area contributed by atoms with Crippen molar-refractivity contribution in [3.05, 3.63) is 100 Å². The monoisotopic (exact) mass is 658 g/mol. The maximum atomic E-state index is 13.1. The van der Waals surface area contributed by atoms with Gasteiger partial charge in [-0.15, -0.1) is 5.73 Å². The number of rotatable bonds is 11. The quantitative estimate of drug-likeness (QED) is 0.0758. The second-order valence-corrected chi connectivity index (χ2v) is 15.9. The largest absolute Gasteiger partial charge is 0.462 e. The molecule has 0 amide bonds. The topological polar surface area (TPSA) is 96.4 Å². The van der Waals surface area contributed by atoms with Crippen molar-refractivity contribution in [2.75, 3.05) is 0 Å². The number of epoxide rings is 1. The van der Waals surface area contributed by atoms with E-state index < -0.39 is 16.8 Å². The number of hydrogen-bond acceptors (Lipinski definition) is 6. The Morgan fingerprint density at radius 2 is 1.38 bits per heavy atom. The molecule has 3 fully saturated rings. The predicted molar refractivity (Wildman–Crippen MR) is 194 cm³/mol. The molecule has 48 heavy (non-hydrogen) atoms. The van der Waals surface area contributed by atoms with Gasteiger partial charge in [-0.05, 0) is 82.4 Å². The summed E-state index contributed by atoms with van der Waals surface area (Å²) in [6, 6.07) is 0. The van der Waals surface area contributed by atoms with Gasteiger partial charge in [0, 0.05) is 31.8 Å². The number of esters is 1. The maximum absolute atomic E-state index is 13.1. The molecule has 1 heterocycles. The number of Topliss-reactive ketones (excluding diaryl/α,β-unsaturated/α-hetero) is 1. The van der Waals surface area contributed by atoms with Crippen molar-refractivity contribution in [2.24, 2.45) is 10.8 Å². The number of carbonyl (C=O) groups is 2. The number of carbonyl (C=O) groups excluding carboxylic acids is 2. The number of ketones is 1. The van der Waals surface area contributed by atoms with Gasteiger partial charge in [0.15, 0.2) is 5.78 Å². The molecule has 0 spiro atoms. The van der Waals surface area contributed by atoms with Gasteiger partial charge in [0.05, 0.1) is 17.3 Å². The highest BCUT2D eigenvalue weighted by Gasteiger charge is 2.76. The van der Waals surface area contributed by atoms with Gasteiger partial charge in [0.1, 0.15) is 11.7 Å².